The van der Waals surface area contributed by atoms with Crippen molar-refractivity contribution >= 4 is 75.4 Å². The first-order chi connectivity index (χ1) is 35.8. The van der Waals surface area contributed by atoms with Crippen molar-refractivity contribution in [2.75, 3.05) is 44.0 Å². The van der Waals surface area contributed by atoms with Crippen molar-refractivity contribution in [2.24, 2.45) is 11.8 Å². The summed E-state index contributed by atoms with van der Waals surface area (Å²) in [6.45, 7) is 5.07. The van der Waals surface area contributed by atoms with Gasteiger partial charge >= 0.3 is 22.8 Å². The molecule has 0 radical (unpaired) electrons. The van der Waals surface area contributed by atoms with E-state index < -0.39 is 135 Å². The van der Waals surface area contributed by atoms with Crippen LogP contribution in [-0.4, -0.2) is 158 Å². The fourth-order valence-corrected chi connectivity index (χ4v) is 11.2. The van der Waals surface area contributed by atoms with Gasteiger partial charge in [-0.3, -0.25) is 47.6 Å². The molecule has 0 saturated carbocycles. The molecule has 10 N–H and O–H groups in total. The second kappa shape index (κ2) is 25.9. The minimum Gasteiger partial charge on any atom is -0.393 e. The number of anilines is 1. The number of aromatic amines is 3. The SMILES string of the molecule is CC[C@@]1(CCl)O[C@@H](n2ccc(=O)[nH]c2=O)[C@H](Cl)[C@@H]1C.CC[C@@]1(CO)O[C@@H](n2ccc(=O)[nH]c2=O)[C@H](Cl)[C@@H]1C.Nc1ccn([C@@H]2O[C@@](CO)(CCl)[C@@H](O)[C@H]2Cl)c(=O)n1.O=c1ccn([C@@H]2O[C@@](CO)(CF)[C@@H](O)[C@H]2Cl)c(=O)[nH]1. The predicted octanol–water partition coefficient (Wildman–Crippen LogP) is 0.173. The lowest BCUT2D eigenvalue weighted by atomic mass is 9.87. The van der Waals surface area contributed by atoms with Crippen LogP contribution in [0.25, 0.3) is 0 Å². The maximum atomic E-state index is 13.0. The lowest BCUT2D eigenvalue weighted by molar-refractivity contribution is -0.137. The summed E-state index contributed by atoms with van der Waals surface area (Å²) in [6, 6.07) is 4.98. The molecule has 4 aliphatic rings. The van der Waals surface area contributed by atoms with Crippen molar-refractivity contribution in [3.63, 3.8) is 0 Å². The topological polar surface area (TPSA) is 364 Å². The predicted molar refractivity (Wildman–Crippen MR) is 276 cm³/mol. The van der Waals surface area contributed by atoms with Crippen LogP contribution in [0, 0.1) is 11.8 Å². The van der Waals surface area contributed by atoms with Crippen LogP contribution in [0.4, 0.5) is 10.2 Å². The summed E-state index contributed by atoms with van der Waals surface area (Å²) in [7, 11) is 0. The molecule has 4 saturated heterocycles. The summed E-state index contributed by atoms with van der Waals surface area (Å²) in [5, 5.41) is 45.0. The summed E-state index contributed by atoms with van der Waals surface area (Å²) in [6.07, 6.45) is 0.320. The summed E-state index contributed by atoms with van der Waals surface area (Å²) in [5.74, 6) is 0.0921. The van der Waals surface area contributed by atoms with Crippen LogP contribution in [0.2, 0.25) is 0 Å². The zero-order chi connectivity index (χ0) is 56.8. The van der Waals surface area contributed by atoms with E-state index in [2.05, 4.69) is 15.0 Å². The number of aliphatic hydroxyl groups is 5. The zero-order valence-electron chi connectivity index (χ0n) is 40.9. The third-order valence-electron chi connectivity index (χ3n) is 14.0. The van der Waals surface area contributed by atoms with Gasteiger partial charge in [0, 0.05) is 54.8 Å². The molecule has 0 bridgehead atoms. The number of H-pyrrole nitrogens is 3. The van der Waals surface area contributed by atoms with Crippen LogP contribution in [0.5, 0.6) is 0 Å². The maximum absolute atomic E-state index is 13.0. The Morgan fingerprint density at radius 1 is 0.566 bits per heavy atom. The van der Waals surface area contributed by atoms with Gasteiger partial charge in [0.15, 0.2) is 24.9 Å². The quantitative estimate of drug-likeness (QED) is 0.0854. The highest BCUT2D eigenvalue weighted by Crippen LogP contribution is 2.47. The van der Waals surface area contributed by atoms with Gasteiger partial charge in [0.05, 0.1) is 53.5 Å². The Morgan fingerprint density at radius 3 is 1.20 bits per heavy atom. The summed E-state index contributed by atoms with van der Waals surface area (Å²) >= 11 is 36.4. The molecule has 0 amide bonds. The van der Waals surface area contributed by atoms with Crippen LogP contribution >= 0.6 is 69.6 Å². The number of aliphatic hydroxyl groups excluding tert-OH is 5. The number of hydrogen-bond donors (Lipinski definition) is 9. The minimum atomic E-state index is -1.87. The summed E-state index contributed by atoms with van der Waals surface area (Å²) < 4.78 is 40.1. The molecule has 4 aromatic heterocycles. The van der Waals surface area contributed by atoms with E-state index in [1.165, 1.54) is 45.9 Å². The molecule has 76 heavy (non-hydrogen) atoms. The van der Waals surface area contributed by atoms with Crippen LogP contribution in [-0.2, 0) is 18.9 Å². The number of nitrogens with two attached hydrogens (primary N) is 1. The van der Waals surface area contributed by atoms with E-state index >= 15 is 0 Å². The van der Waals surface area contributed by atoms with Gasteiger partial charge in [-0.25, -0.2) is 23.6 Å². The Bertz CT molecular complexity index is 2770. The van der Waals surface area contributed by atoms with Crippen LogP contribution in [0.15, 0.2) is 82.6 Å². The number of halogens is 7. The Labute approximate surface area is 459 Å². The monoisotopic (exact) mass is 1200 g/mol. The highest BCUT2D eigenvalue weighted by molar-refractivity contribution is 6.23. The molecule has 8 heterocycles. The fourth-order valence-electron chi connectivity index (χ4n) is 8.80. The molecule has 32 heteroatoms. The van der Waals surface area contributed by atoms with E-state index in [1.807, 2.05) is 32.7 Å². The molecule has 4 aromatic rings. The van der Waals surface area contributed by atoms with Gasteiger partial charge in [-0.05, 0) is 18.9 Å². The first-order valence-electron chi connectivity index (χ1n) is 23.2. The van der Waals surface area contributed by atoms with Crippen molar-refractivity contribution in [2.45, 2.75) is 122 Å². The normalized spacial score (nSPS) is 34.6. The van der Waals surface area contributed by atoms with Crippen molar-refractivity contribution < 1.29 is 48.9 Å². The molecule has 4 aliphatic heterocycles. The number of rotatable bonds is 12. The third kappa shape index (κ3) is 12.4. The lowest BCUT2D eigenvalue weighted by Gasteiger charge is -2.29. The molecular formula is C44H58Cl6FN9O16. The summed E-state index contributed by atoms with van der Waals surface area (Å²) in [5.41, 5.74) is -3.28. The third-order valence-corrected chi connectivity index (χ3v) is 17.0. The molecule has 4 fully saturated rings. The molecular weight excluding hydrogens is 1140 g/mol. The second-order valence-electron chi connectivity index (χ2n) is 18.2. The van der Waals surface area contributed by atoms with Crippen molar-refractivity contribution in [1.82, 2.24) is 38.2 Å². The van der Waals surface area contributed by atoms with Gasteiger partial charge in [0.2, 0.25) is 0 Å². The average molecular weight is 1200 g/mol. The van der Waals surface area contributed by atoms with E-state index in [9.17, 15) is 58.4 Å². The molecule has 0 aromatic carbocycles. The Morgan fingerprint density at radius 2 is 0.895 bits per heavy atom. The number of hydrogen-bond acceptors (Lipinski definition) is 18. The van der Waals surface area contributed by atoms with Gasteiger partial charge in [0.1, 0.15) is 46.7 Å². The molecule has 0 unspecified atom stereocenters. The fraction of sp³-hybridized carbons (Fsp3) is 0.636. The smallest absolute Gasteiger partial charge is 0.351 e. The molecule has 16 atom stereocenters. The molecule has 0 spiro atoms. The number of nitrogens with zero attached hydrogens (tertiary/aromatic N) is 5. The van der Waals surface area contributed by atoms with E-state index in [0.717, 1.165) is 21.4 Å². The highest BCUT2D eigenvalue weighted by Gasteiger charge is 2.57. The first-order valence-corrected chi connectivity index (χ1v) is 26.0. The van der Waals surface area contributed by atoms with Gasteiger partial charge in [0.25, 0.3) is 16.7 Å². The first kappa shape index (κ1) is 62.9. The largest absolute Gasteiger partial charge is 0.393 e. The minimum absolute atomic E-state index is 0.000458. The van der Waals surface area contributed by atoms with E-state index in [4.69, 9.17) is 99.4 Å². The Kier molecular flexibility index (Phi) is 21.4. The second-order valence-corrected chi connectivity index (χ2v) is 20.8. The van der Waals surface area contributed by atoms with Crippen LogP contribution < -0.4 is 45.2 Å². The summed E-state index contributed by atoms with van der Waals surface area (Å²) in [4.78, 5) is 89.9. The molecule has 8 rings (SSSR count). The van der Waals surface area contributed by atoms with Gasteiger partial charge in [-0.15, -0.1) is 69.6 Å². The molecule has 0 aliphatic carbocycles. The van der Waals surface area contributed by atoms with Gasteiger partial charge < -0.3 is 50.2 Å². The number of nitrogens with one attached hydrogen (secondary N) is 3. The molecule has 25 nitrogen and oxygen atoms in total. The van der Waals surface area contributed by atoms with Crippen molar-refractivity contribution in [1.29, 1.82) is 0 Å². The number of nitrogen functional groups attached to an aromatic ring is 1. The van der Waals surface area contributed by atoms with Gasteiger partial charge in [-0.1, -0.05) is 27.7 Å². The van der Waals surface area contributed by atoms with Crippen LogP contribution in [0.1, 0.15) is 65.4 Å². The highest BCUT2D eigenvalue weighted by atomic mass is 35.5. The average Bonchev–Trinajstić information content (AvgIpc) is 4.03. The van der Waals surface area contributed by atoms with Gasteiger partial charge in [-0.2, -0.15) is 4.98 Å². The number of alkyl halides is 7. The van der Waals surface area contributed by atoms with Crippen molar-refractivity contribution in [3.8, 4) is 0 Å². The lowest BCUT2D eigenvalue weighted by Crippen LogP contribution is -2.47. The van der Waals surface area contributed by atoms with E-state index in [-0.39, 0.29) is 35.5 Å². The van der Waals surface area contributed by atoms with Crippen LogP contribution in [0.3, 0.4) is 0 Å². The van der Waals surface area contributed by atoms with E-state index in [1.54, 1.807) is 0 Å². The van der Waals surface area contributed by atoms with Crippen molar-refractivity contribution in [3.05, 3.63) is 122 Å². The number of aromatic nitrogens is 8. The Balaban J connectivity index is 0.000000187. The number of ether oxygens (including phenoxy) is 4. The molecule has 424 valence electrons. The maximum Gasteiger partial charge on any atom is 0.351 e. The van der Waals surface area contributed by atoms with E-state index in [0.29, 0.717) is 18.7 Å². The standard InChI is InChI=1S/C12H16Cl2N2O3.C12H17ClN2O4.C10H13Cl2N3O4.C10H12ClFN2O5/c1-3-12(6-13)7(2)9(14)10(19-12)16-5-4-8(17)15-11(16)18;1-3-12(6-16)7(2)9(13)10(19-12)15-5-4-8(17)14-11(15)18;11-3-10(4-16)7(17)6(12)8(19-10)15-2-1-5(13)14-9(15)18;11-6-7(17)10(3-12,4-15)19-8(6)14-2-1-5(16)13-9(14)18/h4-5,7,9-10H,3,6H2,1-2H3,(H,15,17,18);4-5,7,9-10,16H,3,6H2,1-2H3,(H,14,17,18);1-2,6-8,16-17H,3-4H2,(H2,13,14,18);1-2,6-8,15,17H,3-4H2,(H,13,16,18)/t2*7-,9+,10+,12-;2*6-,7+,8-,10-/m0011/s1. The zero-order valence-corrected chi connectivity index (χ0v) is 45.4. The Hall–Kier alpha value is -3.97.